The van der Waals surface area contributed by atoms with Crippen LogP contribution in [0.25, 0.3) is 0 Å². The summed E-state index contributed by atoms with van der Waals surface area (Å²) in [5, 5.41) is 19.4. The number of hydrogen-bond donors (Lipinski definition) is 2. The molecule has 1 atom stereocenters. The van der Waals surface area contributed by atoms with Gasteiger partial charge in [-0.3, -0.25) is 4.98 Å². The number of carbonyl (C=O) groups is 1. The summed E-state index contributed by atoms with van der Waals surface area (Å²) in [6, 6.07) is 14.2. The highest BCUT2D eigenvalue weighted by Gasteiger charge is 2.20. The molecule has 152 valence electrons. The van der Waals surface area contributed by atoms with E-state index in [4.69, 9.17) is 23.2 Å². The van der Waals surface area contributed by atoms with E-state index in [0.29, 0.717) is 28.7 Å². The Morgan fingerprint density at radius 3 is 2.47 bits per heavy atom. The SMILES string of the molecule is O=C1NCC=NN1c1cc(Cl)c(Cc2ccc(C(O)c3cccnc3)cc2)c(Cl)c1. The lowest BCUT2D eigenvalue weighted by Gasteiger charge is -2.22. The first-order valence-electron chi connectivity index (χ1n) is 9.28. The van der Waals surface area contributed by atoms with Gasteiger partial charge in [0.25, 0.3) is 0 Å². The molecule has 2 N–H and O–H groups in total. The minimum absolute atomic E-state index is 0.333. The van der Waals surface area contributed by atoms with Gasteiger partial charge in [0.2, 0.25) is 0 Å². The van der Waals surface area contributed by atoms with E-state index in [2.05, 4.69) is 15.4 Å². The average Bonchev–Trinajstić information content (AvgIpc) is 2.77. The van der Waals surface area contributed by atoms with Crippen LogP contribution in [0.1, 0.15) is 28.4 Å². The lowest BCUT2D eigenvalue weighted by molar-refractivity contribution is 0.220. The molecule has 1 unspecified atom stereocenters. The summed E-state index contributed by atoms with van der Waals surface area (Å²) < 4.78 is 0. The van der Waals surface area contributed by atoms with Gasteiger partial charge in [0.15, 0.2) is 0 Å². The molecule has 2 aromatic carbocycles. The van der Waals surface area contributed by atoms with Gasteiger partial charge < -0.3 is 10.4 Å². The Hall–Kier alpha value is -2.93. The van der Waals surface area contributed by atoms with Gasteiger partial charge in [0.05, 0.1) is 12.2 Å². The smallest absolute Gasteiger partial charge is 0.342 e. The molecule has 1 aromatic heterocycles. The lowest BCUT2D eigenvalue weighted by atomic mass is 9.99. The predicted octanol–water partition coefficient (Wildman–Crippen LogP) is 4.58. The van der Waals surface area contributed by atoms with Gasteiger partial charge in [0.1, 0.15) is 6.10 Å². The summed E-state index contributed by atoms with van der Waals surface area (Å²) in [5.74, 6) is 0. The van der Waals surface area contributed by atoms with Gasteiger partial charge in [-0.25, -0.2) is 4.79 Å². The van der Waals surface area contributed by atoms with E-state index in [1.54, 1.807) is 36.8 Å². The van der Waals surface area contributed by atoms with E-state index in [0.717, 1.165) is 22.3 Å². The van der Waals surface area contributed by atoms with Crippen molar-refractivity contribution in [2.45, 2.75) is 12.5 Å². The van der Waals surface area contributed by atoms with Crippen LogP contribution in [-0.2, 0) is 6.42 Å². The number of benzene rings is 2. The van der Waals surface area contributed by atoms with Crippen LogP contribution in [-0.4, -0.2) is 28.9 Å². The van der Waals surface area contributed by atoms with Crippen molar-refractivity contribution in [1.29, 1.82) is 0 Å². The fourth-order valence-electron chi connectivity index (χ4n) is 3.20. The number of nitrogens with zero attached hydrogens (tertiary/aromatic N) is 3. The summed E-state index contributed by atoms with van der Waals surface area (Å²) in [4.78, 5) is 16.0. The first-order valence-corrected chi connectivity index (χ1v) is 10.0. The van der Waals surface area contributed by atoms with Crippen molar-refractivity contribution in [1.82, 2.24) is 10.3 Å². The van der Waals surface area contributed by atoms with Crippen LogP contribution < -0.4 is 10.3 Å². The summed E-state index contributed by atoms with van der Waals surface area (Å²) >= 11 is 12.9. The first-order chi connectivity index (χ1) is 14.5. The number of amides is 2. The molecule has 2 amide bonds. The molecular weight excluding hydrogens is 423 g/mol. The second kappa shape index (κ2) is 8.83. The average molecular weight is 441 g/mol. The molecule has 8 heteroatoms. The third-order valence-corrected chi connectivity index (χ3v) is 5.46. The zero-order valence-corrected chi connectivity index (χ0v) is 17.3. The molecule has 0 bridgehead atoms. The van der Waals surface area contributed by atoms with Crippen LogP contribution in [0.2, 0.25) is 10.0 Å². The number of hydrogen-bond acceptors (Lipinski definition) is 4. The quantitative estimate of drug-likeness (QED) is 0.609. The third kappa shape index (κ3) is 4.31. The molecule has 2 heterocycles. The molecule has 0 aliphatic carbocycles. The van der Waals surface area contributed by atoms with Gasteiger partial charge >= 0.3 is 6.03 Å². The maximum Gasteiger partial charge on any atom is 0.342 e. The highest BCUT2D eigenvalue weighted by atomic mass is 35.5. The van der Waals surface area contributed by atoms with Crippen LogP contribution in [0.4, 0.5) is 10.5 Å². The Labute approximate surface area is 183 Å². The fourth-order valence-corrected chi connectivity index (χ4v) is 3.81. The van der Waals surface area contributed by atoms with Gasteiger partial charge in [-0.2, -0.15) is 10.1 Å². The van der Waals surface area contributed by atoms with Gasteiger partial charge in [0, 0.05) is 40.6 Å². The number of carbonyl (C=O) groups excluding carboxylic acids is 1. The monoisotopic (exact) mass is 440 g/mol. The second-order valence-electron chi connectivity index (χ2n) is 6.79. The fraction of sp³-hybridized carbons (Fsp3) is 0.136. The molecule has 6 nitrogen and oxygen atoms in total. The van der Waals surface area contributed by atoms with E-state index < -0.39 is 6.10 Å². The molecule has 0 saturated carbocycles. The van der Waals surface area contributed by atoms with Gasteiger partial charge in [-0.15, -0.1) is 0 Å². The number of hydrazone groups is 1. The van der Waals surface area contributed by atoms with E-state index in [1.165, 1.54) is 5.01 Å². The normalized spacial score (nSPS) is 14.5. The van der Waals surface area contributed by atoms with Gasteiger partial charge in [-0.05, 0) is 34.9 Å². The summed E-state index contributed by atoms with van der Waals surface area (Å²) in [6.45, 7) is 0.389. The summed E-state index contributed by atoms with van der Waals surface area (Å²) in [7, 11) is 0. The van der Waals surface area contributed by atoms with Crippen molar-refractivity contribution in [3.8, 4) is 0 Å². The molecule has 1 aliphatic heterocycles. The molecule has 30 heavy (non-hydrogen) atoms. The number of anilines is 1. The molecule has 0 saturated heterocycles. The zero-order chi connectivity index (χ0) is 21.1. The molecule has 0 spiro atoms. The van der Waals surface area contributed by atoms with Crippen molar-refractivity contribution in [3.05, 3.63) is 93.2 Å². The Morgan fingerprint density at radius 2 is 1.83 bits per heavy atom. The Bertz CT molecular complexity index is 1070. The van der Waals surface area contributed by atoms with Crippen molar-refractivity contribution < 1.29 is 9.90 Å². The van der Waals surface area contributed by atoms with Crippen molar-refractivity contribution >= 4 is 41.1 Å². The molecular formula is C22H18Cl2N4O2. The largest absolute Gasteiger partial charge is 0.384 e. The first kappa shape index (κ1) is 20.3. The van der Waals surface area contributed by atoms with Crippen LogP contribution in [0.3, 0.4) is 0 Å². The Balaban J connectivity index is 1.53. The standard InChI is InChI=1S/C22H18Cl2N4O2/c23-19-11-17(28-22(30)26-8-9-27-28)12-20(24)18(19)10-14-3-5-15(6-4-14)21(29)16-2-1-7-25-13-16/h1-7,9,11-13,21,29H,8,10H2,(H,26,30). The van der Waals surface area contributed by atoms with Crippen LogP contribution in [0, 0.1) is 0 Å². The molecule has 3 aromatic rings. The number of halogens is 2. The minimum atomic E-state index is -0.740. The van der Waals surface area contributed by atoms with E-state index in [9.17, 15) is 9.90 Å². The number of nitrogens with one attached hydrogen (secondary N) is 1. The summed E-state index contributed by atoms with van der Waals surface area (Å²) in [5.41, 5.74) is 3.74. The number of pyridine rings is 1. The van der Waals surface area contributed by atoms with Crippen LogP contribution >= 0.6 is 23.2 Å². The molecule has 1 aliphatic rings. The minimum Gasteiger partial charge on any atom is -0.384 e. The Kier molecular flexibility index (Phi) is 5.99. The molecule has 4 rings (SSSR count). The Morgan fingerprint density at radius 1 is 1.10 bits per heavy atom. The van der Waals surface area contributed by atoms with Crippen molar-refractivity contribution in [3.63, 3.8) is 0 Å². The van der Waals surface area contributed by atoms with E-state index in [-0.39, 0.29) is 6.03 Å². The lowest BCUT2D eigenvalue weighted by Crippen LogP contribution is -2.41. The van der Waals surface area contributed by atoms with Crippen LogP contribution in [0.5, 0.6) is 0 Å². The van der Waals surface area contributed by atoms with Crippen LogP contribution in [0.15, 0.2) is 66.0 Å². The predicted molar refractivity (Wildman–Crippen MR) is 118 cm³/mol. The maximum atomic E-state index is 12.0. The number of aliphatic hydroxyl groups excluding tert-OH is 1. The highest BCUT2D eigenvalue weighted by molar-refractivity contribution is 6.36. The number of aliphatic hydroxyl groups is 1. The number of urea groups is 1. The van der Waals surface area contributed by atoms with E-state index in [1.807, 2.05) is 30.3 Å². The highest BCUT2D eigenvalue weighted by Crippen LogP contribution is 2.33. The summed E-state index contributed by atoms with van der Waals surface area (Å²) in [6.07, 6.45) is 4.68. The second-order valence-corrected chi connectivity index (χ2v) is 7.61. The van der Waals surface area contributed by atoms with Crippen molar-refractivity contribution in [2.75, 3.05) is 11.6 Å². The number of aromatic nitrogens is 1. The molecule has 0 fully saturated rings. The van der Waals surface area contributed by atoms with Gasteiger partial charge in [-0.1, -0.05) is 53.5 Å². The van der Waals surface area contributed by atoms with Crippen molar-refractivity contribution in [2.24, 2.45) is 5.10 Å². The topological polar surface area (TPSA) is 77.8 Å². The molecule has 0 radical (unpaired) electrons. The number of rotatable bonds is 5. The van der Waals surface area contributed by atoms with E-state index >= 15 is 0 Å². The maximum absolute atomic E-state index is 12.0. The zero-order valence-electron chi connectivity index (χ0n) is 15.8. The third-order valence-electron chi connectivity index (χ3n) is 4.78.